The molecule has 7 nitrogen and oxygen atoms in total. The monoisotopic (exact) mass is 566 g/mol. The zero-order valence-electron chi connectivity index (χ0n) is 22.4. The van der Waals surface area contributed by atoms with Gasteiger partial charge in [-0.3, -0.25) is 9.78 Å². The Labute approximate surface area is 233 Å². The minimum Gasteiger partial charge on any atom is -0.481 e. The molecule has 4 rings (SSSR count). The molecule has 2 aromatic heterocycles. The van der Waals surface area contributed by atoms with Gasteiger partial charge < -0.3 is 14.8 Å². The number of benzene rings is 2. The summed E-state index contributed by atoms with van der Waals surface area (Å²) in [7, 11) is 0. The fraction of sp³-hybridized carbons (Fsp3) is 0.200. The standard InChI is InChI=1S/C30H26F4N4O3/c1-4-26(40-5-2)38-28(39)21-17-19(41-29-22(30(32,33)34)8-6-15-36-29)11-13-24(21)37-25-9-7-14-35-27(25)20-12-10-18(3)16-23(20)31/h6-17,37H,4-5H2,1-3H3. The number of carbonyl (C=O) groups is 1. The highest BCUT2D eigenvalue weighted by Gasteiger charge is 2.35. The second kappa shape index (κ2) is 12.6. The maximum atomic E-state index is 14.8. The predicted molar refractivity (Wildman–Crippen MR) is 147 cm³/mol. The lowest BCUT2D eigenvalue weighted by molar-refractivity contribution is -0.138. The number of alkyl halides is 3. The molecule has 0 unspecified atom stereocenters. The first-order chi connectivity index (χ1) is 19.6. The van der Waals surface area contributed by atoms with Crippen molar-refractivity contribution < 1.29 is 31.8 Å². The van der Waals surface area contributed by atoms with Crippen LogP contribution in [0.4, 0.5) is 28.9 Å². The molecule has 0 fully saturated rings. The summed E-state index contributed by atoms with van der Waals surface area (Å²) in [4.78, 5) is 25.4. The van der Waals surface area contributed by atoms with E-state index in [2.05, 4.69) is 20.3 Å². The smallest absolute Gasteiger partial charge is 0.421 e. The van der Waals surface area contributed by atoms with Crippen LogP contribution in [-0.4, -0.2) is 28.4 Å². The zero-order chi connectivity index (χ0) is 29.6. The number of aryl methyl sites for hydroxylation is 1. The molecule has 2 heterocycles. The first-order valence-electron chi connectivity index (χ1n) is 12.7. The van der Waals surface area contributed by atoms with Gasteiger partial charge in [0, 0.05) is 24.4 Å². The van der Waals surface area contributed by atoms with Crippen LogP contribution in [0.5, 0.6) is 11.6 Å². The van der Waals surface area contributed by atoms with Crippen molar-refractivity contribution in [3.8, 4) is 22.9 Å². The van der Waals surface area contributed by atoms with Crippen molar-refractivity contribution in [3.63, 3.8) is 0 Å². The Balaban J connectivity index is 1.79. The largest absolute Gasteiger partial charge is 0.481 e. The number of amides is 1. The van der Waals surface area contributed by atoms with Gasteiger partial charge in [0.25, 0.3) is 5.91 Å². The van der Waals surface area contributed by atoms with E-state index in [-0.39, 0.29) is 35.1 Å². The average molecular weight is 567 g/mol. The van der Waals surface area contributed by atoms with Crippen molar-refractivity contribution in [3.05, 3.63) is 95.6 Å². The molecule has 0 aliphatic carbocycles. The van der Waals surface area contributed by atoms with Gasteiger partial charge in [-0.15, -0.1) is 0 Å². The molecule has 0 spiro atoms. The van der Waals surface area contributed by atoms with E-state index in [0.29, 0.717) is 17.8 Å². The van der Waals surface area contributed by atoms with E-state index in [9.17, 15) is 22.4 Å². The summed E-state index contributed by atoms with van der Waals surface area (Å²) in [5.41, 5.74) is 0.779. The maximum Gasteiger partial charge on any atom is 0.421 e. The third-order valence-corrected chi connectivity index (χ3v) is 5.81. The Morgan fingerprint density at radius 1 is 0.976 bits per heavy atom. The Hall–Kier alpha value is -4.80. The fourth-order valence-electron chi connectivity index (χ4n) is 3.90. The lowest BCUT2D eigenvalue weighted by Crippen LogP contribution is -2.10. The van der Waals surface area contributed by atoms with Gasteiger partial charge >= 0.3 is 6.18 Å². The molecule has 0 atom stereocenters. The summed E-state index contributed by atoms with van der Waals surface area (Å²) < 4.78 is 66.2. The minimum atomic E-state index is -4.70. The number of carbonyl (C=O) groups excluding carboxylic acids is 1. The van der Waals surface area contributed by atoms with Crippen molar-refractivity contribution in [1.82, 2.24) is 9.97 Å². The van der Waals surface area contributed by atoms with Gasteiger partial charge in [0.1, 0.15) is 17.1 Å². The minimum absolute atomic E-state index is 0.0307. The topological polar surface area (TPSA) is 85.7 Å². The number of rotatable bonds is 8. The predicted octanol–water partition coefficient (Wildman–Crippen LogP) is 8.13. The number of hydrogen-bond acceptors (Lipinski definition) is 6. The van der Waals surface area contributed by atoms with Crippen LogP contribution in [0.1, 0.15) is 41.8 Å². The van der Waals surface area contributed by atoms with Crippen LogP contribution in [-0.2, 0) is 10.9 Å². The third-order valence-electron chi connectivity index (χ3n) is 5.81. The highest BCUT2D eigenvalue weighted by molar-refractivity contribution is 6.06. The lowest BCUT2D eigenvalue weighted by atomic mass is 10.1. The molecule has 0 aliphatic heterocycles. The molecule has 0 bridgehead atoms. The average Bonchev–Trinajstić information content (AvgIpc) is 2.94. The van der Waals surface area contributed by atoms with E-state index in [1.165, 1.54) is 36.7 Å². The van der Waals surface area contributed by atoms with Gasteiger partial charge in [-0.2, -0.15) is 18.2 Å². The molecular weight excluding hydrogens is 540 g/mol. The summed E-state index contributed by atoms with van der Waals surface area (Å²) in [6.07, 6.45) is -1.70. The summed E-state index contributed by atoms with van der Waals surface area (Å²) in [5, 5.41) is 3.10. The summed E-state index contributed by atoms with van der Waals surface area (Å²) in [5.74, 6) is -1.77. The van der Waals surface area contributed by atoms with Gasteiger partial charge in [0.15, 0.2) is 5.90 Å². The second-order valence-electron chi connectivity index (χ2n) is 8.77. The first kappa shape index (κ1) is 29.2. The van der Waals surface area contributed by atoms with Gasteiger partial charge in [0.05, 0.1) is 29.2 Å². The van der Waals surface area contributed by atoms with Crippen LogP contribution in [0.15, 0.2) is 78.0 Å². The Kier molecular flexibility index (Phi) is 8.96. The highest BCUT2D eigenvalue weighted by Crippen LogP contribution is 2.38. The van der Waals surface area contributed by atoms with Crippen LogP contribution in [0.3, 0.4) is 0 Å². The van der Waals surface area contributed by atoms with Crippen molar-refractivity contribution >= 4 is 23.2 Å². The molecule has 0 aliphatic rings. The van der Waals surface area contributed by atoms with Crippen LogP contribution in [0.25, 0.3) is 11.3 Å². The van der Waals surface area contributed by atoms with Crippen LogP contribution in [0.2, 0.25) is 0 Å². The molecule has 41 heavy (non-hydrogen) atoms. The van der Waals surface area contributed by atoms with Gasteiger partial charge in [0.2, 0.25) is 5.88 Å². The van der Waals surface area contributed by atoms with Gasteiger partial charge in [-0.05, 0) is 74.0 Å². The normalized spacial score (nSPS) is 11.7. The van der Waals surface area contributed by atoms with Crippen LogP contribution >= 0.6 is 0 Å². The summed E-state index contributed by atoms with van der Waals surface area (Å²) in [6, 6.07) is 14.1. The van der Waals surface area contributed by atoms with Gasteiger partial charge in [-0.1, -0.05) is 13.0 Å². The molecule has 1 amide bonds. The quantitative estimate of drug-likeness (QED) is 0.132. The van der Waals surface area contributed by atoms with Crippen LogP contribution < -0.4 is 10.1 Å². The van der Waals surface area contributed by atoms with Crippen molar-refractivity contribution in [2.75, 3.05) is 11.9 Å². The molecular formula is C30H26F4N4O3. The lowest BCUT2D eigenvalue weighted by Gasteiger charge is -2.16. The maximum absolute atomic E-state index is 14.8. The van der Waals surface area contributed by atoms with E-state index in [1.54, 1.807) is 45.0 Å². The number of hydrogen-bond donors (Lipinski definition) is 1. The number of aliphatic imine (C=N–C) groups is 1. The summed E-state index contributed by atoms with van der Waals surface area (Å²) in [6.45, 7) is 5.56. The molecule has 212 valence electrons. The van der Waals surface area contributed by atoms with Crippen molar-refractivity contribution in [2.24, 2.45) is 4.99 Å². The Bertz CT molecular complexity index is 1590. The molecule has 1 N–H and O–H groups in total. The fourth-order valence-corrected chi connectivity index (χ4v) is 3.90. The highest BCUT2D eigenvalue weighted by atomic mass is 19.4. The summed E-state index contributed by atoms with van der Waals surface area (Å²) >= 11 is 0. The first-order valence-corrected chi connectivity index (χ1v) is 12.7. The number of pyridine rings is 2. The third kappa shape index (κ3) is 7.05. The second-order valence-corrected chi connectivity index (χ2v) is 8.77. The molecule has 2 aromatic carbocycles. The molecule has 11 heteroatoms. The number of aromatic nitrogens is 2. The molecule has 0 radical (unpaired) electrons. The van der Waals surface area contributed by atoms with Crippen molar-refractivity contribution in [2.45, 2.75) is 33.4 Å². The van der Waals surface area contributed by atoms with E-state index in [0.717, 1.165) is 17.7 Å². The number of nitrogens with one attached hydrogen (secondary N) is 1. The van der Waals surface area contributed by atoms with E-state index < -0.39 is 29.3 Å². The zero-order valence-corrected chi connectivity index (χ0v) is 22.4. The molecule has 0 saturated carbocycles. The van der Waals surface area contributed by atoms with E-state index in [1.807, 2.05) is 0 Å². The SMILES string of the molecule is CCOC(CC)=NC(=O)c1cc(Oc2ncccc2C(F)(F)F)ccc1Nc1cccnc1-c1ccc(C)cc1F. The molecule has 4 aromatic rings. The Morgan fingerprint density at radius 2 is 1.73 bits per heavy atom. The number of halogens is 4. The van der Waals surface area contributed by atoms with Gasteiger partial charge in [-0.25, -0.2) is 9.37 Å². The van der Waals surface area contributed by atoms with Crippen LogP contribution in [0, 0.1) is 12.7 Å². The number of anilines is 2. The Morgan fingerprint density at radius 3 is 2.44 bits per heavy atom. The van der Waals surface area contributed by atoms with E-state index in [4.69, 9.17) is 9.47 Å². The molecule has 0 saturated heterocycles. The van der Waals surface area contributed by atoms with E-state index >= 15 is 0 Å². The van der Waals surface area contributed by atoms with Crippen molar-refractivity contribution in [1.29, 1.82) is 0 Å². The number of nitrogens with zero attached hydrogens (tertiary/aromatic N) is 3. The number of ether oxygens (including phenoxy) is 2.